The number of hydrogen-bond donors (Lipinski definition) is 3. The van der Waals surface area contributed by atoms with Crippen LogP contribution in [0.4, 0.5) is 4.79 Å². The first-order valence-electron chi connectivity index (χ1n) is 9.89. The predicted molar refractivity (Wildman–Crippen MR) is 115 cm³/mol. The summed E-state index contributed by atoms with van der Waals surface area (Å²) in [6.45, 7) is 1.51. The number of carbonyl (C=O) groups is 4. The van der Waals surface area contributed by atoms with Crippen molar-refractivity contribution in [2.45, 2.75) is 30.2 Å². The maximum absolute atomic E-state index is 13.0. The molecule has 8 nitrogen and oxygen atoms in total. The number of nitrogens with one attached hydrogen (secondary N) is 3. The van der Waals surface area contributed by atoms with Gasteiger partial charge in [-0.05, 0) is 43.0 Å². The van der Waals surface area contributed by atoms with Crippen molar-refractivity contribution in [2.24, 2.45) is 0 Å². The predicted octanol–water partition coefficient (Wildman–Crippen LogP) is 1.63. The number of hydrazine groups is 1. The average molecular weight is 439 g/mol. The summed E-state index contributed by atoms with van der Waals surface area (Å²) in [5.74, 6) is -1.37. The molecule has 160 valence electrons. The number of amides is 5. The number of carbonyl (C=O) groups excluding carboxylic acids is 4. The molecule has 1 spiro atoms. The summed E-state index contributed by atoms with van der Waals surface area (Å²) in [6, 6.07) is 14.6. The quantitative estimate of drug-likeness (QED) is 0.374. The average Bonchev–Trinajstić information content (AvgIpc) is 3.25. The summed E-state index contributed by atoms with van der Waals surface area (Å²) in [6.07, 6.45) is 1.14. The molecule has 0 unspecified atom stereocenters. The largest absolute Gasteiger partial charge is 0.325 e. The zero-order chi connectivity index (χ0) is 22.0. The fraction of sp³-hybridized carbons (Fsp3) is 0.273. The van der Waals surface area contributed by atoms with E-state index in [1.54, 1.807) is 0 Å². The van der Waals surface area contributed by atoms with E-state index in [1.807, 2.05) is 55.5 Å². The molecule has 2 aliphatic rings. The second-order valence-electron chi connectivity index (χ2n) is 7.58. The summed E-state index contributed by atoms with van der Waals surface area (Å²) in [7, 11) is 0. The van der Waals surface area contributed by atoms with Crippen LogP contribution in [0, 0.1) is 6.92 Å². The molecular weight excluding hydrogens is 416 g/mol. The molecule has 1 saturated heterocycles. The third-order valence-corrected chi connectivity index (χ3v) is 6.47. The van der Waals surface area contributed by atoms with Crippen molar-refractivity contribution < 1.29 is 19.2 Å². The Hall–Kier alpha value is -3.33. The molecule has 0 radical (unpaired) electrons. The van der Waals surface area contributed by atoms with Gasteiger partial charge in [0.2, 0.25) is 5.91 Å². The lowest BCUT2D eigenvalue weighted by Crippen LogP contribution is -2.48. The van der Waals surface area contributed by atoms with E-state index in [9.17, 15) is 19.2 Å². The lowest BCUT2D eigenvalue weighted by molar-refractivity contribution is -0.136. The molecule has 0 bridgehead atoms. The van der Waals surface area contributed by atoms with Gasteiger partial charge in [0.15, 0.2) is 0 Å². The number of thioether (sulfide) groups is 1. The lowest BCUT2D eigenvalue weighted by Gasteiger charge is -2.22. The summed E-state index contributed by atoms with van der Waals surface area (Å²) < 4.78 is 0. The monoisotopic (exact) mass is 438 g/mol. The van der Waals surface area contributed by atoms with Crippen LogP contribution in [0.25, 0.3) is 0 Å². The van der Waals surface area contributed by atoms with Crippen LogP contribution in [0.15, 0.2) is 53.4 Å². The van der Waals surface area contributed by atoms with Gasteiger partial charge < -0.3 is 5.32 Å². The van der Waals surface area contributed by atoms with Crippen molar-refractivity contribution in [2.75, 3.05) is 12.3 Å². The van der Waals surface area contributed by atoms with Gasteiger partial charge in [0.1, 0.15) is 12.1 Å². The van der Waals surface area contributed by atoms with Crippen molar-refractivity contribution >= 4 is 35.5 Å². The maximum Gasteiger partial charge on any atom is 0.325 e. The van der Waals surface area contributed by atoms with Crippen molar-refractivity contribution in [3.8, 4) is 0 Å². The summed E-state index contributed by atoms with van der Waals surface area (Å²) >= 11 is 1.34. The zero-order valence-corrected chi connectivity index (χ0v) is 17.8. The first-order valence-corrected chi connectivity index (χ1v) is 10.9. The van der Waals surface area contributed by atoms with Crippen LogP contribution in [0.5, 0.6) is 0 Å². The molecule has 1 fully saturated rings. The summed E-state index contributed by atoms with van der Waals surface area (Å²) in [4.78, 5) is 51.5. The fourth-order valence-electron chi connectivity index (χ4n) is 3.88. The number of urea groups is 1. The van der Waals surface area contributed by atoms with Gasteiger partial charge in [-0.25, -0.2) is 4.79 Å². The molecule has 4 rings (SSSR count). The molecule has 1 aliphatic carbocycles. The number of imide groups is 1. The van der Waals surface area contributed by atoms with Crippen molar-refractivity contribution in [1.82, 2.24) is 21.1 Å². The molecule has 2 aromatic rings. The normalized spacial score (nSPS) is 19.3. The van der Waals surface area contributed by atoms with E-state index >= 15 is 0 Å². The van der Waals surface area contributed by atoms with E-state index in [-0.39, 0.29) is 5.75 Å². The minimum absolute atomic E-state index is 0.117. The van der Waals surface area contributed by atoms with Gasteiger partial charge in [-0.15, -0.1) is 11.8 Å². The molecule has 1 aliphatic heterocycles. The summed E-state index contributed by atoms with van der Waals surface area (Å²) in [5.41, 5.74) is 6.39. The Balaban J connectivity index is 1.30. The van der Waals surface area contributed by atoms with Crippen LogP contribution in [0.3, 0.4) is 0 Å². The summed E-state index contributed by atoms with van der Waals surface area (Å²) in [5, 5.41) is 2.76. The van der Waals surface area contributed by atoms with E-state index in [1.165, 1.54) is 11.8 Å². The Morgan fingerprint density at radius 3 is 2.55 bits per heavy atom. The fourth-order valence-corrected chi connectivity index (χ4v) is 4.57. The molecule has 31 heavy (non-hydrogen) atoms. The van der Waals surface area contributed by atoms with Crippen LogP contribution >= 0.6 is 11.8 Å². The van der Waals surface area contributed by atoms with Crippen LogP contribution < -0.4 is 16.2 Å². The van der Waals surface area contributed by atoms with E-state index in [4.69, 9.17) is 0 Å². The highest BCUT2D eigenvalue weighted by Gasteiger charge is 2.55. The number of hydrogen-bond acceptors (Lipinski definition) is 5. The minimum Gasteiger partial charge on any atom is -0.319 e. The maximum atomic E-state index is 13.0. The Morgan fingerprint density at radius 2 is 1.77 bits per heavy atom. The second kappa shape index (κ2) is 8.43. The number of aryl methyl sites for hydroxylation is 2. The van der Waals surface area contributed by atoms with Gasteiger partial charge in [0, 0.05) is 4.90 Å². The molecule has 5 amide bonds. The minimum atomic E-state index is -1.11. The van der Waals surface area contributed by atoms with E-state index in [2.05, 4.69) is 16.2 Å². The lowest BCUT2D eigenvalue weighted by atomic mass is 9.92. The zero-order valence-electron chi connectivity index (χ0n) is 16.9. The molecule has 9 heteroatoms. The number of rotatable bonds is 5. The Kier molecular flexibility index (Phi) is 5.69. The third-order valence-electron chi connectivity index (χ3n) is 5.46. The van der Waals surface area contributed by atoms with Crippen LogP contribution in [-0.2, 0) is 26.3 Å². The van der Waals surface area contributed by atoms with Gasteiger partial charge in [-0.1, -0.05) is 42.0 Å². The Labute approximate surface area is 183 Å². The first kappa shape index (κ1) is 20.9. The van der Waals surface area contributed by atoms with Crippen molar-refractivity contribution in [1.29, 1.82) is 0 Å². The number of fused-ring (bicyclic) bond motifs is 2. The standard InChI is InChI=1S/C22H22N4O4S/c1-14-6-8-16(9-7-14)31-13-19(28)25-24-18(27)12-26-20(29)22(23-21(26)30)11-10-15-4-2-3-5-17(15)22/h2-9H,10-13H2,1H3,(H,23,30)(H,24,27)(H,25,28)/t22-/m1/s1. The third kappa shape index (κ3) is 4.13. The SMILES string of the molecule is Cc1ccc(SCC(=O)NNC(=O)CN2C(=O)N[C@@]3(CCc4ccccc43)C2=O)cc1. The van der Waals surface area contributed by atoms with E-state index in [0.717, 1.165) is 26.5 Å². The Bertz CT molecular complexity index is 1060. The van der Waals surface area contributed by atoms with Gasteiger partial charge in [-0.3, -0.25) is 30.1 Å². The van der Waals surface area contributed by atoms with E-state index in [0.29, 0.717) is 12.8 Å². The molecule has 1 atom stereocenters. The highest BCUT2D eigenvalue weighted by Crippen LogP contribution is 2.41. The highest BCUT2D eigenvalue weighted by atomic mass is 32.2. The van der Waals surface area contributed by atoms with Crippen LogP contribution in [-0.4, -0.2) is 41.0 Å². The van der Waals surface area contributed by atoms with Gasteiger partial charge in [0.25, 0.3) is 11.8 Å². The smallest absolute Gasteiger partial charge is 0.319 e. The van der Waals surface area contributed by atoms with Crippen molar-refractivity contribution in [3.05, 3.63) is 65.2 Å². The van der Waals surface area contributed by atoms with Gasteiger partial charge >= 0.3 is 6.03 Å². The first-order chi connectivity index (χ1) is 14.9. The number of nitrogens with zero attached hydrogens (tertiary/aromatic N) is 1. The van der Waals surface area contributed by atoms with Crippen LogP contribution in [0.2, 0.25) is 0 Å². The second-order valence-corrected chi connectivity index (χ2v) is 8.63. The van der Waals surface area contributed by atoms with Crippen molar-refractivity contribution in [3.63, 3.8) is 0 Å². The van der Waals surface area contributed by atoms with Gasteiger partial charge in [-0.2, -0.15) is 0 Å². The molecule has 0 aromatic heterocycles. The molecule has 1 heterocycles. The van der Waals surface area contributed by atoms with Crippen LogP contribution in [0.1, 0.15) is 23.1 Å². The Morgan fingerprint density at radius 1 is 1.06 bits per heavy atom. The molecular formula is C22H22N4O4S. The molecule has 2 aromatic carbocycles. The number of benzene rings is 2. The highest BCUT2D eigenvalue weighted by molar-refractivity contribution is 8.00. The topological polar surface area (TPSA) is 108 Å². The van der Waals surface area contributed by atoms with E-state index < -0.39 is 35.8 Å². The molecule has 0 saturated carbocycles. The van der Waals surface area contributed by atoms with Gasteiger partial charge in [0.05, 0.1) is 5.75 Å². The molecule has 3 N–H and O–H groups in total.